The molecule has 0 radical (unpaired) electrons. The molecule has 0 bridgehead atoms. The molecule has 0 fully saturated rings. The minimum Gasteiger partial charge on any atom is -0.355 e. The molecule has 0 aliphatic heterocycles. The van der Waals surface area contributed by atoms with E-state index in [9.17, 15) is 9.59 Å². The molecule has 8 heteroatoms. The van der Waals surface area contributed by atoms with E-state index in [1.807, 2.05) is 14.1 Å². The van der Waals surface area contributed by atoms with Gasteiger partial charge >= 0.3 is 0 Å². The first-order valence-electron chi connectivity index (χ1n) is 7.79. The average Bonchev–Trinajstić information content (AvgIpc) is 2.52. The Labute approximate surface area is 133 Å². The predicted octanol–water partition coefficient (Wildman–Crippen LogP) is -2.39. The molecule has 8 nitrogen and oxygen atoms in total. The Kier molecular flexibility index (Phi) is 12.7. The van der Waals surface area contributed by atoms with Gasteiger partial charge in [0, 0.05) is 26.2 Å². The molecule has 0 aromatic rings. The molecule has 0 rings (SSSR count). The van der Waals surface area contributed by atoms with Crippen molar-refractivity contribution < 1.29 is 9.59 Å². The van der Waals surface area contributed by atoms with E-state index < -0.39 is 0 Å². The summed E-state index contributed by atoms with van der Waals surface area (Å²) >= 11 is 0. The standard InChI is InChI=1S/C14H32N6O2/c1-15-8-9-20-13(21)11(17-3)6-5-7-19-14(22)12(18-4)10-16-2/h11-12,15-18H,5-10H2,1-4H3,(H,19,22)(H,20,21)/t11-,12-/m0/s1. The molecule has 0 aromatic carbocycles. The van der Waals surface area contributed by atoms with Gasteiger partial charge < -0.3 is 31.9 Å². The van der Waals surface area contributed by atoms with Crippen molar-refractivity contribution in [3.05, 3.63) is 0 Å². The average molecular weight is 316 g/mol. The van der Waals surface area contributed by atoms with Crippen LogP contribution in [0.15, 0.2) is 0 Å². The van der Waals surface area contributed by atoms with E-state index in [0.29, 0.717) is 26.1 Å². The lowest BCUT2D eigenvalue weighted by molar-refractivity contribution is -0.123. The minimum atomic E-state index is -0.241. The monoisotopic (exact) mass is 316 g/mol. The Morgan fingerprint density at radius 3 is 1.91 bits per heavy atom. The summed E-state index contributed by atoms with van der Waals surface area (Å²) < 4.78 is 0. The Bertz CT molecular complexity index is 314. The van der Waals surface area contributed by atoms with Gasteiger partial charge in [0.25, 0.3) is 0 Å². The van der Waals surface area contributed by atoms with Crippen LogP contribution in [-0.4, -0.2) is 78.3 Å². The number of nitrogens with one attached hydrogen (secondary N) is 6. The molecule has 130 valence electrons. The van der Waals surface area contributed by atoms with Gasteiger partial charge in [0.05, 0.1) is 12.1 Å². The maximum absolute atomic E-state index is 11.9. The van der Waals surface area contributed by atoms with Gasteiger partial charge in [0.2, 0.25) is 11.8 Å². The van der Waals surface area contributed by atoms with Crippen molar-refractivity contribution in [2.45, 2.75) is 24.9 Å². The maximum atomic E-state index is 11.9. The predicted molar refractivity (Wildman–Crippen MR) is 88.8 cm³/mol. The highest BCUT2D eigenvalue weighted by molar-refractivity contribution is 5.82. The molecule has 0 saturated heterocycles. The fourth-order valence-electron chi connectivity index (χ4n) is 2.01. The van der Waals surface area contributed by atoms with Crippen molar-refractivity contribution in [1.82, 2.24) is 31.9 Å². The number of hydrogen-bond acceptors (Lipinski definition) is 6. The first kappa shape index (κ1) is 20.8. The molecule has 0 aliphatic carbocycles. The first-order valence-corrected chi connectivity index (χ1v) is 7.79. The van der Waals surface area contributed by atoms with Crippen LogP contribution < -0.4 is 31.9 Å². The van der Waals surface area contributed by atoms with Gasteiger partial charge in [0.15, 0.2) is 0 Å². The van der Waals surface area contributed by atoms with Crippen LogP contribution in [0, 0.1) is 0 Å². The summed E-state index contributed by atoms with van der Waals surface area (Å²) in [6.07, 6.45) is 1.42. The van der Waals surface area contributed by atoms with Crippen LogP contribution in [0.5, 0.6) is 0 Å². The van der Waals surface area contributed by atoms with Crippen molar-refractivity contribution in [3.63, 3.8) is 0 Å². The summed E-state index contributed by atoms with van der Waals surface area (Å²) in [5, 5.41) is 17.6. The summed E-state index contributed by atoms with van der Waals surface area (Å²) in [5.41, 5.74) is 0. The Morgan fingerprint density at radius 1 is 0.773 bits per heavy atom. The molecule has 0 aliphatic rings. The van der Waals surface area contributed by atoms with E-state index in [0.717, 1.165) is 13.0 Å². The van der Waals surface area contributed by atoms with Gasteiger partial charge in [0.1, 0.15) is 0 Å². The van der Waals surface area contributed by atoms with E-state index in [1.54, 1.807) is 14.1 Å². The van der Waals surface area contributed by atoms with Crippen molar-refractivity contribution >= 4 is 11.8 Å². The van der Waals surface area contributed by atoms with Crippen LogP contribution >= 0.6 is 0 Å². The van der Waals surface area contributed by atoms with Crippen LogP contribution in [0.1, 0.15) is 12.8 Å². The molecule has 6 N–H and O–H groups in total. The summed E-state index contributed by atoms with van der Waals surface area (Å²) in [5.74, 6) is -0.0382. The number of carbonyl (C=O) groups excluding carboxylic acids is 2. The highest BCUT2D eigenvalue weighted by Crippen LogP contribution is 1.96. The second-order valence-corrected chi connectivity index (χ2v) is 5.07. The Morgan fingerprint density at radius 2 is 1.36 bits per heavy atom. The van der Waals surface area contributed by atoms with Crippen molar-refractivity contribution in [2.24, 2.45) is 0 Å². The molecule has 2 amide bonds. The van der Waals surface area contributed by atoms with Gasteiger partial charge in [-0.25, -0.2) is 0 Å². The normalized spacial score (nSPS) is 13.5. The number of likely N-dealkylation sites (N-methyl/N-ethyl adjacent to an activating group) is 4. The molecule has 0 heterocycles. The van der Waals surface area contributed by atoms with Gasteiger partial charge in [-0.15, -0.1) is 0 Å². The zero-order chi connectivity index (χ0) is 16.8. The highest BCUT2D eigenvalue weighted by Gasteiger charge is 2.17. The second kappa shape index (κ2) is 13.4. The Hall–Kier alpha value is -1.22. The van der Waals surface area contributed by atoms with Crippen LogP contribution in [0.2, 0.25) is 0 Å². The molecule has 0 spiro atoms. The molecule has 0 aromatic heterocycles. The lowest BCUT2D eigenvalue weighted by Crippen LogP contribution is -2.48. The Balaban J connectivity index is 3.95. The van der Waals surface area contributed by atoms with Crippen molar-refractivity contribution in [3.8, 4) is 0 Å². The smallest absolute Gasteiger partial charge is 0.238 e. The molecule has 22 heavy (non-hydrogen) atoms. The molecule has 0 saturated carbocycles. The lowest BCUT2D eigenvalue weighted by atomic mass is 10.1. The number of carbonyl (C=O) groups is 2. The lowest BCUT2D eigenvalue weighted by Gasteiger charge is -2.18. The topological polar surface area (TPSA) is 106 Å². The molecule has 2 atom stereocenters. The SMILES string of the molecule is CNCCNC(=O)[C@H](CCCNC(=O)[C@H](CNC)NC)NC. The summed E-state index contributed by atoms with van der Waals surface area (Å²) in [7, 11) is 7.18. The van der Waals surface area contributed by atoms with E-state index >= 15 is 0 Å². The van der Waals surface area contributed by atoms with Crippen LogP contribution in [-0.2, 0) is 9.59 Å². The largest absolute Gasteiger partial charge is 0.355 e. The number of amides is 2. The first-order chi connectivity index (χ1) is 10.6. The maximum Gasteiger partial charge on any atom is 0.238 e. The van der Waals surface area contributed by atoms with Gasteiger partial charge in [-0.1, -0.05) is 0 Å². The van der Waals surface area contributed by atoms with Gasteiger partial charge in [-0.05, 0) is 41.0 Å². The summed E-state index contributed by atoms with van der Waals surface area (Å²) in [6.45, 7) is 2.49. The van der Waals surface area contributed by atoms with E-state index in [1.165, 1.54) is 0 Å². The molecule has 0 unspecified atom stereocenters. The van der Waals surface area contributed by atoms with E-state index in [4.69, 9.17) is 0 Å². The van der Waals surface area contributed by atoms with Crippen molar-refractivity contribution in [1.29, 1.82) is 0 Å². The van der Waals surface area contributed by atoms with Crippen LogP contribution in [0.4, 0.5) is 0 Å². The third-order valence-electron chi connectivity index (χ3n) is 3.38. The fraction of sp³-hybridized carbons (Fsp3) is 0.857. The van der Waals surface area contributed by atoms with Crippen LogP contribution in [0.25, 0.3) is 0 Å². The second-order valence-electron chi connectivity index (χ2n) is 5.07. The number of rotatable bonds is 13. The van der Waals surface area contributed by atoms with Gasteiger partial charge in [-0.2, -0.15) is 0 Å². The molecular weight excluding hydrogens is 284 g/mol. The zero-order valence-electron chi connectivity index (χ0n) is 14.2. The third kappa shape index (κ3) is 8.93. The minimum absolute atomic E-state index is 0.00707. The summed E-state index contributed by atoms with van der Waals surface area (Å²) in [6, 6.07) is -0.471. The van der Waals surface area contributed by atoms with E-state index in [-0.39, 0.29) is 23.9 Å². The quantitative estimate of drug-likeness (QED) is 0.212. The number of hydrogen-bond donors (Lipinski definition) is 6. The summed E-state index contributed by atoms with van der Waals surface area (Å²) in [4.78, 5) is 23.8. The van der Waals surface area contributed by atoms with Crippen LogP contribution in [0.3, 0.4) is 0 Å². The van der Waals surface area contributed by atoms with Gasteiger partial charge in [-0.3, -0.25) is 9.59 Å². The third-order valence-corrected chi connectivity index (χ3v) is 3.38. The fourth-order valence-corrected chi connectivity index (χ4v) is 2.01. The molecular formula is C14H32N6O2. The van der Waals surface area contributed by atoms with Crippen molar-refractivity contribution in [2.75, 3.05) is 54.4 Å². The highest BCUT2D eigenvalue weighted by atomic mass is 16.2. The zero-order valence-corrected chi connectivity index (χ0v) is 14.2. The van der Waals surface area contributed by atoms with E-state index in [2.05, 4.69) is 31.9 Å².